The minimum Gasteiger partial charge on any atom is -0.388 e. The zero-order valence-corrected chi connectivity index (χ0v) is 23.7. The van der Waals surface area contributed by atoms with Gasteiger partial charge >= 0.3 is 12.4 Å². The molecule has 1 aromatic heterocycles. The third kappa shape index (κ3) is 6.11. The Morgan fingerprint density at radius 3 is 2.07 bits per heavy atom. The number of hydrogen-bond donors (Lipinski definition) is 1. The Balaban J connectivity index is 1.51. The molecule has 0 bridgehead atoms. The highest BCUT2D eigenvalue weighted by molar-refractivity contribution is 5.74. The van der Waals surface area contributed by atoms with Crippen molar-refractivity contribution in [2.75, 3.05) is 0 Å². The lowest BCUT2D eigenvalue weighted by Gasteiger charge is -2.33. The zero-order chi connectivity index (χ0) is 31.2. The van der Waals surface area contributed by atoms with Crippen molar-refractivity contribution in [3.63, 3.8) is 0 Å². The molecule has 230 valence electrons. The van der Waals surface area contributed by atoms with Gasteiger partial charge in [0.15, 0.2) is 0 Å². The first-order valence-corrected chi connectivity index (χ1v) is 14.7. The first-order chi connectivity index (χ1) is 20.9. The molecule has 9 heteroatoms. The van der Waals surface area contributed by atoms with Crippen molar-refractivity contribution in [3.8, 4) is 11.1 Å². The van der Waals surface area contributed by atoms with Gasteiger partial charge in [-0.15, -0.1) is 0 Å². The molecule has 0 spiro atoms. The summed E-state index contributed by atoms with van der Waals surface area (Å²) in [4.78, 5) is 5.11. The van der Waals surface area contributed by atoms with E-state index in [2.05, 4.69) is 0 Å². The molecule has 6 rings (SSSR count). The van der Waals surface area contributed by atoms with E-state index >= 15 is 0 Å². The average molecular weight is 614 g/mol. The second-order valence-corrected chi connectivity index (χ2v) is 11.8. The van der Waals surface area contributed by atoms with Gasteiger partial charge in [0.25, 0.3) is 0 Å². The van der Waals surface area contributed by atoms with E-state index in [1.54, 1.807) is 18.2 Å². The highest BCUT2D eigenvalue weighted by Crippen LogP contribution is 2.48. The summed E-state index contributed by atoms with van der Waals surface area (Å²) >= 11 is 0. The Hall–Kier alpha value is -3.72. The summed E-state index contributed by atoms with van der Waals surface area (Å²) in [7, 11) is 0. The summed E-state index contributed by atoms with van der Waals surface area (Å²) in [6.45, 7) is 0. The monoisotopic (exact) mass is 613 g/mol. The van der Waals surface area contributed by atoms with Crippen molar-refractivity contribution in [2.24, 2.45) is 0 Å². The summed E-state index contributed by atoms with van der Waals surface area (Å²) in [6, 6.07) is 16.0. The lowest BCUT2D eigenvalue weighted by atomic mass is 9.75. The smallest absolute Gasteiger partial charge is 0.388 e. The number of fused-ring (bicyclic) bond motifs is 1. The SMILES string of the molecule is OC1CC(c2cccc(C(F)(F)F)c2)Cc2nc(C3CCCC3)c(Cc3ccc(C(F)(F)F)cc3)c(-c3ccc(F)cc3)c21. The Kier molecular flexibility index (Phi) is 8.03. The third-order valence-electron chi connectivity index (χ3n) is 8.95. The van der Waals surface area contributed by atoms with Crippen LogP contribution < -0.4 is 0 Å². The van der Waals surface area contributed by atoms with Gasteiger partial charge in [-0.1, -0.05) is 55.3 Å². The molecule has 2 aliphatic carbocycles. The maximum absolute atomic E-state index is 14.0. The van der Waals surface area contributed by atoms with E-state index in [9.17, 15) is 35.8 Å². The fourth-order valence-electron chi connectivity index (χ4n) is 6.83. The predicted molar refractivity (Wildman–Crippen MR) is 153 cm³/mol. The van der Waals surface area contributed by atoms with Crippen molar-refractivity contribution < 1.29 is 35.8 Å². The topological polar surface area (TPSA) is 33.1 Å². The molecule has 1 N–H and O–H groups in total. The molecular formula is C35H30F7NO. The molecule has 1 heterocycles. The number of aliphatic hydroxyl groups is 1. The Bertz CT molecular complexity index is 1640. The molecule has 2 aliphatic rings. The van der Waals surface area contributed by atoms with Crippen LogP contribution >= 0.6 is 0 Å². The first-order valence-electron chi connectivity index (χ1n) is 14.7. The maximum Gasteiger partial charge on any atom is 0.416 e. The highest BCUT2D eigenvalue weighted by atomic mass is 19.4. The standard InChI is InChI=1S/C35H30F7NO/c36-27-14-10-21(11-15-27)31-28(16-20-8-12-25(13-9-20)34(37,38)39)33(22-4-1-2-5-22)43-29-18-24(19-30(44)32(29)31)23-6-3-7-26(17-23)35(40,41)42/h3,6-15,17,22,24,30,44H,1-2,4-5,16,18-19H2. The minimum absolute atomic E-state index is 0.0787. The Labute approximate surface area is 250 Å². The van der Waals surface area contributed by atoms with Gasteiger partial charge in [0, 0.05) is 22.9 Å². The third-order valence-corrected chi connectivity index (χ3v) is 8.95. The fourth-order valence-corrected chi connectivity index (χ4v) is 6.83. The molecule has 1 saturated carbocycles. The molecule has 2 nitrogen and oxygen atoms in total. The highest BCUT2D eigenvalue weighted by Gasteiger charge is 2.37. The van der Waals surface area contributed by atoms with Crippen molar-refractivity contribution in [3.05, 3.63) is 123 Å². The summed E-state index contributed by atoms with van der Waals surface area (Å²) in [5.74, 6) is -0.775. The van der Waals surface area contributed by atoms with E-state index < -0.39 is 41.3 Å². The molecular weight excluding hydrogens is 583 g/mol. The molecule has 0 aliphatic heterocycles. The molecule has 0 amide bonds. The molecule has 1 fully saturated rings. The maximum atomic E-state index is 14.0. The van der Waals surface area contributed by atoms with Crippen LogP contribution in [-0.2, 0) is 25.2 Å². The van der Waals surface area contributed by atoms with E-state index in [-0.39, 0.29) is 18.8 Å². The molecule has 2 unspecified atom stereocenters. The second kappa shape index (κ2) is 11.7. The average Bonchev–Trinajstić information content (AvgIpc) is 3.52. The van der Waals surface area contributed by atoms with Crippen LogP contribution in [0.5, 0.6) is 0 Å². The van der Waals surface area contributed by atoms with Crippen LogP contribution in [0, 0.1) is 5.82 Å². The van der Waals surface area contributed by atoms with Crippen LogP contribution in [0.4, 0.5) is 30.7 Å². The lowest BCUT2D eigenvalue weighted by molar-refractivity contribution is -0.138. The van der Waals surface area contributed by atoms with Crippen LogP contribution in [0.2, 0.25) is 0 Å². The number of nitrogens with zero attached hydrogens (tertiary/aromatic N) is 1. The van der Waals surface area contributed by atoms with E-state index in [1.807, 2.05) is 0 Å². The summed E-state index contributed by atoms with van der Waals surface area (Å²) in [6.07, 6.45) is -5.61. The zero-order valence-electron chi connectivity index (χ0n) is 23.7. The number of halogens is 7. The van der Waals surface area contributed by atoms with Gasteiger partial charge in [-0.05, 0) is 96.2 Å². The van der Waals surface area contributed by atoms with Crippen LogP contribution in [0.25, 0.3) is 11.1 Å². The Morgan fingerprint density at radius 2 is 1.43 bits per heavy atom. The van der Waals surface area contributed by atoms with Crippen LogP contribution in [-0.4, -0.2) is 10.1 Å². The summed E-state index contributed by atoms with van der Waals surface area (Å²) in [5.41, 5.74) is 3.60. The second-order valence-electron chi connectivity index (χ2n) is 11.8. The van der Waals surface area contributed by atoms with E-state index in [1.165, 1.54) is 30.3 Å². The fraction of sp³-hybridized carbons (Fsp3) is 0.343. The number of pyridine rings is 1. The van der Waals surface area contributed by atoms with Gasteiger partial charge in [-0.2, -0.15) is 26.3 Å². The van der Waals surface area contributed by atoms with Gasteiger partial charge in [-0.3, -0.25) is 4.98 Å². The molecule has 2 atom stereocenters. The predicted octanol–water partition coefficient (Wildman–Crippen LogP) is 9.94. The number of hydrogen-bond acceptors (Lipinski definition) is 2. The number of rotatable bonds is 5. The normalized spacial score (nSPS) is 19.3. The first kappa shape index (κ1) is 30.3. The number of aliphatic hydroxyl groups excluding tert-OH is 1. The molecule has 4 aromatic rings. The van der Waals surface area contributed by atoms with E-state index in [0.29, 0.717) is 39.9 Å². The minimum atomic E-state index is -4.50. The number of benzene rings is 3. The number of alkyl halides is 6. The lowest BCUT2D eigenvalue weighted by Crippen LogP contribution is -2.23. The summed E-state index contributed by atoms with van der Waals surface area (Å²) in [5, 5.41) is 11.6. The van der Waals surface area contributed by atoms with Crippen molar-refractivity contribution in [1.29, 1.82) is 0 Å². The van der Waals surface area contributed by atoms with Crippen molar-refractivity contribution in [1.82, 2.24) is 4.98 Å². The van der Waals surface area contributed by atoms with Crippen molar-refractivity contribution in [2.45, 2.75) is 75.2 Å². The van der Waals surface area contributed by atoms with E-state index in [0.717, 1.165) is 61.2 Å². The van der Waals surface area contributed by atoms with Gasteiger partial charge in [0.05, 0.1) is 17.2 Å². The molecule has 0 saturated heterocycles. The largest absolute Gasteiger partial charge is 0.416 e. The summed E-state index contributed by atoms with van der Waals surface area (Å²) < 4.78 is 94.4. The van der Waals surface area contributed by atoms with Gasteiger partial charge < -0.3 is 5.11 Å². The quantitative estimate of drug-likeness (QED) is 0.227. The van der Waals surface area contributed by atoms with Gasteiger partial charge in [0.1, 0.15) is 5.82 Å². The Morgan fingerprint density at radius 1 is 0.773 bits per heavy atom. The molecule has 44 heavy (non-hydrogen) atoms. The number of aromatic nitrogens is 1. The van der Waals surface area contributed by atoms with Gasteiger partial charge in [0.2, 0.25) is 0 Å². The van der Waals surface area contributed by atoms with Gasteiger partial charge in [-0.25, -0.2) is 4.39 Å². The van der Waals surface area contributed by atoms with Crippen LogP contribution in [0.3, 0.4) is 0 Å². The van der Waals surface area contributed by atoms with Crippen LogP contribution in [0.1, 0.15) is 94.8 Å². The molecule has 0 radical (unpaired) electrons. The van der Waals surface area contributed by atoms with Crippen molar-refractivity contribution >= 4 is 0 Å². The van der Waals surface area contributed by atoms with E-state index in [4.69, 9.17) is 4.98 Å². The molecule has 3 aromatic carbocycles. The van der Waals surface area contributed by atoms with Crippen LogP contribution in [0.15, 0.2) is 72.8 Å².